The highest BCUT2D eigenvalue weighted by Gasteiger charge is 2.31. The summed E-state index contributed by atoms with van der Waals surface area (Å²) in [5.74, 6) is 0.418. The molecule has 2 atom stereocenters. The number of hydrogen-bond donors (Lipinski definition) is 1. The van der Waals surface area contributed by atoms with Crippen molar-refractivity contribution in [2.24, 2.45) is 0 Å². The second-order valence-electron chi connectivity index (χ2n) is 9.86. The molecule has 3 aromatic rings. The van der Waals surface area contributed by atoms with Gasteiger partial charge in [-0.2, -0.15) is 0 Å². The highest BCUT2D eigenvalue weighted by atomic mass is 16.5. The van der Waals surface area contributed by atoms with Crippen molar-refractivity contribution in [1.82, 2.24) is 10.2 Å². The van der Waals surface area contributed by atoms with Gasteiger partial charge in [-0.1, -0.05) is 50.2 Å². The Bertz CT molecular complexity index is 1320. The van der Waals surface area contributed by atoms with Gasteiger partial charge in [-0.3, -0.25) is 14.4 Å². The Kier molecular flexibility index (Phi) is 8.66. The summed E-state index contributed by atoms with van der Waals surface area (Å²) in [6, 6.07) is 18.7. The number of rotatable bonds is 12. The van der Waals surface area contributed by atoms with Gasteiger partial charge in [0.05, 0.1) is 12.8 Å². The summed E-state index contributed by atoms with van der Waals surface area (Å²) < 4.78 is 5.36. The minimum absolute atomic E-state index is 0.0239. The SMILES string of the molecule is CC[C@@H](C)NC(=O)[C@@H](CC)N(Cc1cccc(OC)c1)C(=O)CCCN1C(=O)c2cccc3cccc1c23. The smallest absolute Gasteiger partial charge is 0.258 e. The third-order valence-corrected chi connectivity index (χ3v) is 7.30. The number of anilines is 1. The van der Waals surface area contributed by atoms with Crippen LogP contribution in [0.2, 0.25) is 0 Å². The maximum Gasteiger partial charge on any atom is 0.258 e. The maximum absolute atomic E-state index is 13.6. The predicted octanol–water partition coefficient (Wildman–Crippen LogP) is 5.31. The molecule has 0 saturated heterocycles. The molecule has 0 spiro atoms. The minimum Gasteiger partial charge on any atom is -0.497 e. The first kappa shape index (κ1) is 27.2. The first-order chi connectivity index (χ1) is 18.4. The number of hydrogen-bond acceptors (Lipinski definition) is 4. The summed E-state index contributed by atoms with van der Waals surface area (Å²) in [4.78, 5) is 43.4. The first-order valence-corrected chi connectivity index (χ1v) is 13.4. The molecule has 3 aromatic carbocycles. The third-order valence-electron chi connectivity index (χ3n) is 7.30. The molecule has 200 valence electrons. The minimum atomic E-state index is -0.589. The van der Waals surface area contributed by atoms with Crippen LogP contribution in [0.3, 0.4) is 0 Å². The van der Waals surface area contributed by atoms with Crippen LogP contribution in [-0.2, 0) is 16.1 Å². The van der Waals surface area contributed by atoms with Gasteiger partial charge in [-0.05, 0) is 61.4 Å². The molecule has 0 saturated carbocycles. The van der Waals surface area contributed by atoms with E-state index in [-0.39, 0.29) is 30.2 Å². The molecular formula is C31H37N3O4. The van der Waals surface area contributed by atoms with Crippen LogP contribution < -0.4 is 15.0 Å². The fraction of sp³-hybridized carbons (Fsp3) is 0.387. The Morgan fingerprint density at radius 1 is 1.03 bits per heavy atom. The van der Waals surface area contributed by atoms with Gasteiger partial charge in [0, 0.05) is 36.5 Å². The lowest BCUT2D eigenvalue weighted by molar-refractivity contribution is -0.141. The molecule has 1 aliphatic heterocycles. The Labute approximate surface area is 224 Å². The van der Waals surface area contributed by atoms with Crippen molar-refractivity contribution in [2.75, 3.05) is 18.6 Å². The number of amides is 3. The molecule has 0 unspecified atom stereocenters. The normalized spacial score (nSPS) is 13.9. The van der Waals surface area contributed by atoms with Crippen molar-refractivity contribution < 1.29 is 19.1 Å². The van der Waals surface area contributed by atoms with Crippen molar-refractivity contribution in [2.45, 2.75) is 65.1 Å². The summed E-state index contributed by atoms with van der Waals surface area (Å²) in [7, 11) is 1.61. The summed E-state index contributed by atoms with van der Waals surface area (Å²) in [5.41, 5.74) is 2.49. The molecule has 1 aliphatic rings. The summed E-state index contributed by atoms with van der Waals surface area (Å²) >= 11 is 0. The Balaban J connectivity index is 1.50. The monoisotopic (exact) mass is 515 g/mol. The van der Waals surface area contributed by atoms with Crippen molar-refractivity contribution >= 4 is 34.2 Å². The van der Waals surface area contributed by atoms with E-state index in [2.05, 4.69) is 5.32 Å². The van der Waals surface area contributed by atoms with Crippen LogP contribution in [0.25, 0.3) is 10.8 Å². The van der Waals surface area contributed by atoms with Gasteiger partial charge in [0.25, 0.3) is 5.91 Å². The number of benzene rings is 3. The number of nitrogens with one attached hydrogen (secondary N) is 1. The zero-order valence-electron chi connectivity index (χ0n) is 22.7. The fourth-order valence-electron chi connectivity index (χ4n) is 5.06. The lowest BCUT2D eigenvalue weighted by Crippen LogP contribution is -2.50. The zero-order valence-corrected chi connectivity index (χ0v) is 22.7. The molecule has 1 N–H and O–H groups in total. The van der Waals surface area contributed by atoms with Crippen molar-refractivity contribution in [3.63, 3.8) is 0 Å². The van der Waals surface area contributed by atoms with Crippen LogP contribution in [-0.4, -0.2) is 48.4 Å². The lowest BCUT2D eigenvalue weighted by Gasteiger charge is -2.32. The molecule has 3 amide bonds. The van der Waals surface area contributed by atoms with E-state index in [0.29, 0.717) is 37.2 Å². The van der Waals surface area contributed by atoms with Crippen LogP contribution >= 0.6 is 0 Å². The van der Waals surface area contributed by atoms with Crippen LogP contribution in [0.1, 0.15) is 62.4 Å². The number of nitrogens with zero attached hydrogens (tertiary/aromatic N) is 2. The Morgan fingerprint density at radius 2 is 1.76 bits per heavy atom. The second-order valence-corrected chi connectivity index (χ2v) is 9.86. The van der Waals surface area contributed by atoms with Gasteiger partial charge in [0.2, 0.25) is 11.8 Å². The van der Waals surface area contributed by atoms with Crippen molar-refractivity contribution in [3.05, 3.63) is 71.8 Å². The topological polar surface area (TPSA) is 79.0 Å². The van der Waals surface area contributed by atoms with Gasteiger partial charge < -0.3 is 19.9 Å². The molecule has 7 heteroatoms. The molecule has 0 radical (unpaired) electrons. The van der Waals surface area contributed by atoms with Crippen molar-refractivity contribution in [1.29, 1.82) is 0 Å². The first-order valence-electron chi connectivity index (χ1n) is 13.4. The van der Waals surface area contributed by atoms with E-state index in [4.69, 9.17) is 4.74 Å². The third kappa shape index (κ3) is 5.67. The van der Waals surface area contributed by atoms with Crippen LogP contribution in [0.4, 0.5) is 5.69 Å². The average Bonchev–Trinajstić information content (AvgIpc) is 3.21. The number of methoxy groups -OCH3 is 1. The quantitative estimate of drug-likeness (QED) is 0.355. The van der Waals surface area contributed by atoms with Gasteiger partial charge in [0.1, 0.15) is 11.8 Å². The van der Waals surface area contributed by atoms with Gasteiger partial charge >= 0.3 is 0 Å². The molecule has 0 fully saturated rings. The van der Waals surface area contributed by atoms with E-state index in [1.54, 1.807) is 16.9 Å². The fourth-order valence-corrected chi connectivity index (χ4v) is 5.06. The summed E-state index contributed by atoms with van der Waals surface area (Å²) in [6.07, 6.45) is 2.03. The molecule has 1 heterocycles. The van der Waals surface area contributed by atoms with Gasteiger partial charge in [-0.25, -0.2) is 0 Å². The van der Waals surface area contributed by atoms with Crippen LogP contribution in [0, 0.1) is 0 Å². The molecule has 0 aliphatic carbocycles. The highest BCUT2D eigenvalue weighted by Crippen LogP contribution is 2.37. The lowest BCUT2D eigenvalue weighted by atomic mass is 10.1. The highest BCUT2D eigenvalue weighted by molar-refractivity contribution is 6.25. The number of carbonyl (C=O) groups is 3. The van der Waals surface area contributed by atoms with E-state index in [9.17, 15) is 14.4 Å². The number of ether oxygens (including phenoxy) is 1. The molecular weight excluding hydrogens is 478 g/mol. The van der Waals surface area contributed by atoms with E-state index in [0.717, 1.165) is 28.4 Å². The van der Waals surface area contributed by atoms with Gasteiger partial charge in [0.15, 0.2) is 0 Å². The standard InChI is InChI=1S/C31H37N3O4/c1-5-21(3)32-30(36)26(6-2)34(20-22-11-7-14-24(19-22)38-4)28(35)17-10-18-33-27-16-9-13-23-12-8-15-25(29(23)27)31(33)37/h7-9,11-16,19,21,26H,5-6,10,17-18,20H2,1-4H3,(H,32,36)/t21-,26-/m1/s1. The molecule has 0 aromatic heterocycles. The predicted molar refractivity (Wildman–Crippen MR) is 150 cm³/mol. The number of carbonyl (C=O) groups excluding carboxylic acids is 3. The summed E-state index contributed by atoms with van der Waals surface area (Å²) in [6.45, 7) is 6.64. The molecule has 0 bridgehead atoms. The Morgan fingerprint density at radius 3 is 2.47 bits per heavy atom. The van der Waals surface area contributed by atoms with E-state index in [1.165, 1.54) is 0 Å². The largest absolute Gasteiger partial charge is 0.497 e. The van der Waals surface area contributed by atoms with Crippen LogP contribution in [0.5, 0.6) is 5.75 Å². The Hall–Kier alpha value is -3.87. The van der Waals surface area contributed by atoms with E-state index >= 15 is 0 Å². The van der Waals surface area contributed by atoms with Crippen LogP contribution in [0.15, 0.2) is 60.7 Å². The van der Waals surface area contributed by atoms with Gasteiger partial charge in [-0.15, -0.1) is 0 Å². The molecule has 4 rings (SSSR count). The van der Waals surface area contributed by atoms with E-state index in [1.807, 2.05) is 81.4 Å². The summed E-state index contributed by atoms with van der Waals surface area (Å²) in [5, 5.41) is 5.05. The average molecular weight is 516 g/mol. The van der Waals surface area contributed by atoms with E-state index < -0.39 is 6.04 Å². The molecule has 38 heavy (non-hydrogen) atoms. The maximum atomic E-state index is 13.6. The zero-order chi connectivity index (χ0) is 27.2. The van der Waals surface area contributed by atoms with Crippen molar-refractivity contribution in [3.8, 4) is 5.75 Å². The second kappa shape index (κ2) is 12.1. The molecule has 7 nitrogen and oxygen atoms in total.